The van der Waals surface area contributed by atoms with Crippen molar-refractivity contribution in [2.75, 3.05) is 39.8 Å². The summed E-state index contributed by atoms with van der Waals surface area (Å²) in [6.07, 6.45) is 0. The summed E-state index contributed by atoms with van der Waals surface area (Å²) in [5.74, 6) is 1.97. The second kappa shape index (κ2) is 9.03. The number of nitrogens with zero attached hydrogens (tertiary/aromatic N) is 2. The lowest BCUT2D eigenvalue weighted by atomic mass is 10.1. The molecule has 29 heavy (non-hydrogen) atoms. The highest BCUT2D eigenvalue weighted by atomic mass is 35.5. The molecule has 1 amide bonds. The summed E-state index contributed by atoms with van der Waals surface area (Å²) >= 11 is 0. The first-order valence-electron chi connectivity index (χ1n) is 9.78. The number of para-hydroxylation sites is 1. The minimum absolute atomic E-state index is 0. The van der Waals surface area contributed by atoms with E-state index in [0.29, 0.717) is 12.3 Å². The first kappa shape index (κ1) is 21.4. The zero-order chi connectivity index (χ0) is 19.7. The molecule has 2 aromatic heterocycles. The summed E-state index contributed by atoms with van der Waals surface area (Å²) in [5.41, 5.74) is 1.61. The number of nitrogens with one attached hydrogen (secondary N) is 1. The molecule has 0 spiro atoms. The largest absolute Gasteiger partial charge is 0.465 e. The Kier molecular flexibility index (Phi) is 6.67. The van der Waals surface area contributed by atoms with E-state index in [0.717, 1.165) is 54.2 Å². The lowest BCUT2D eigenvalue weighted by Gasteiger charge is -2.37. The highest BCUT2D eigenvalue weighted by Gasteiger charge is 2.27. The first-order valence-corrected chi connectivity index (χ1v) is 9.78. The van der Waals surface area contributed by atoms with Gasteiger partial charge >= 0.3 is 0 Å². The molecule has 1 fully saturated rings. The van der Waals surface area contributed by atoms with E-state index in [1.807, 2.05) is 50.2 Å². The van der Waals surface area contributed by atoms with Gasteiger partial charge in [0.05, 0.1) is 6.04 Å². The lowest BCUT2D eigenvalue weighted by Crippen LogP contribution is -2.48. The molecule has 7 heteroatoms. The minimum Gasteiger partial charge on any atom is -0.465 e. The van der Waals surface area contributed by atoms with Gasteiger partial charge in [-0.2, -0.15) is 0 Å². The molecule has 4 rings (SSSR count). The molecule has 1 N–H and O–H groups in total. The number of rotatable bonds is 5. The van der Waals surface area contributed by atoms with Crippen LogP contribution in [0.2, 0.25) is 0 Å². The van der Waals surface area contributed by atoms with Gasteiger partial charge in [-0.25, -0.2) is 0 Å². The van der Waals surface area contributed by atoms with Gasteiger partial charge in [-0.05, 0) is 39.1 Å². The van der Waals surface area contributed by atoms with Crippen LogP contribution in [0.5, 0.6) is 0 Å². The number of furan rings is 2. The summed E-state index contributed by atoms with van der Waals surface area (Å²) < 4.78 is 11.7. The van der Waals surface area contributed by atoms with Crippen LogP contribution in [-0.2, 0) is 0 Å². The molecule has 156 valence electrons. The Hall–Kier alpha value is -2.28. The third-order valence-corrected chi connectivity index (χ3v) is 5.57. The van der Waals surface area contributed by atoms with Gasteiger partial charge in [0.15, 0.2) is 5.76 Å². The van der Waals surface area contributed by atoms with E-state index >= 15 is 0 Å². The number of likely N-dealkylation sites (N-methyl/N-ethyl adjacent to an activating group) is 1. The van der Waals surface area contributed by atoms with E-state index in [2.05, 4.69) is 22.2 Å². The Bertz CT molecular complexity index is 973. The number of hydrogen-bond acceptors (Lipinski definition) is 5. The zero-order valence-electron chi connectivity index (χ0n) is 17.1. The van der Waals surface area contributed by atoms with Crippen molar-refractivity contribution in [1.29, 1.82) is 0 Å². The van der Waals surface area contributed by atoms with E-state index in [-0.39, 0.29) is 24.4 Å². The van der Waals surface area contributed by atoms with Gasteiger partial charge in [0.1, 0.15) is 17.1 Å². The molecule has 3 aromatic rings. The summed E-state index contributed by atoms with van der Waals surface area (Å²) in [6.45, 7) is 8.25. The zero-order valence-corrected chi connectivity index (χ0v) is 17.9. The number of amides is 1. The van der Waals surface area contributed by atoms with Crippen LogP contribution in [0.4, 0.5) is 0 Å². The second-order valence-electron chi connectivity index (χ2n) is 7.57. The fraction of sp³-hybridized carbons (Fsp3) is 0.409. The quantitative estimate of drug-likeness (QED) is 0.684. The van der Waals surface area contributed by atoms with Crippen molar-refractivity contribution >= 4 is 29.3 Å². The molecule has 6 nitrogen and oxygen atoms in total. The number of halogens is 1. The molecule has 1 aliphatic rings. The molecule has 0 bridgehead atoms. The molecule has 1 atom stereocenters. The molecule has 0 saturated carbocycles. The topological polar surface area (TPSA) is 61.9 Å². The van der Waals surface area contributed by atoms with E-state index in [1.54, 1.807) is 0 Å². The molecule has 1 saturated heterocycles. The van der Waals surface area contributed by atoms with Crippen molar-refractivity contribution in [2.24, 2.45) is 0 Å². The standard InChI is InChI=1S/C22H27N3O3.ClH/c1-15-8-9-20(27-15)18(25-12-10-24(3)11-13-25)14-23-22(26)21-16(2)17-6-4-5-7-19(17)28-21;/h4-9,18H,10-14H2,1-3H3,(H,23,26);1H. The van der Waals surface area contributed by atoms with Crippen LogP contribution in [0.25, 0.3) is 11.0 Å². The fourth-order valence-corrected chi connectivity index (χ4v) is 3.84. The predicted octanol–water partition coefficient (Wildman–Crippen LogP) is 3.78. The highest BCUT2D eigenvalue weighted by molar-refractivity contribution is 5.98. The van der Waals surface area contributed by atoms with E-state index in [4.69, 9.17) is 8.83 Å². The average molecular weight is 418 g/mol. The van der Waals surface area contributed by atoms with Crippen LogP contribution < -0.4 is 5.32 Å². The third kappa shape index (κ3) is 4.50. The Morgan fingerprint density at radius 2 is 1.79 bits per heavy atom. The lowest BCUT2D eigenvalue weighted by molar-refractivity contribution is 0.0831. The Labute approximate surface area is 177 Å². The number of aryl methyl sites for hydroxylation is 2. The molecule has 0 aliphatic carbocycles. The van der Waals surface area contributed by atoms with Gasteiger partial charge in [0.2, 0.25) is 0 Å². The van der Waals surface area contributed by atoms with Gasteiger partial charge < -0.3 is 19.1 Å². The van der Waals surface area contributed by atoms with Gasteiger partial charge in [-0.3, -0.25) is 9.69 Å². The van der Waals surface area contributed by atoms with Crippen molar-refractivity contribution in [3.63, 3.8) is 0 Å². The number of fused-ring (bicyclic) bond motifs is 1. The van der Waals surface area contributed by atoms with Crippen LogP contribution in [0, 0.1) is 13.8 Å². The molecule has 1 aromatic carbocycles. The molecule has 0 radical (unpaired) electrons. The summed E-state index contributed by atoms with van der Waals surface area (Å²) in [6, 6.07) is 11.7. The van der Waals surface area contributed by atoms with Crippen LogP contribution in [-0.4, -0.2) is 55.5 Å². The fourth-order valence-electron chi connectivity index (χ4n) is 3.84. The van der Waals surface area contributed by atoms with Gasteiger partial charge in [0.25, 0.3) is 5.91 Å². The molecular weight excluding hydrogens is 390 g/mol. The molecule has 1 unspecified atom stereocenters. The third-order valence-electron chi connectivity index (χ3n) is 5.57. The Morgan fingerprint density at radius 3 is 2.45 bits per heavy atom. The van der Waals surface area contributed by atoms with Crippen LogP contribution in [0.3, 0.4) is 0 Å². The van der Waals surface area contributed by atoms with Crippen molar-refractivity contribution < 1.29 is 13.6 Å². The normalized spacial score (nSPS) is 16.5. The van der Waals surface area contributed by atoms with Crippen LogP contribution >= 0.6 is 12.4 Å². The number of piperazine rings is 1. The maximum atomic E-state index is 12.8. The Balaban J connectivity index is 0.00000240. The number of benzene rings is 1. The predicted molar refractivity (Wildman–Crippen MR) is 116 cm³/mol. The minimum atomic E-state index is -0.184. The van der Waals surface area contributed by atoms with E-state index < -0.39 is 0 Å². The average Bonchev–Trinajstić information content (AvgIpc) is 3.27. The second-order valence-corrected chi connectivity index (χ2v) is 7.57. The van der Waals surface area contributed by atoms with Crippen molar-refractivity contribution in [3.05, 3.63) is 59.2 Å². The summed E-state index contributed by atoms with van der Waals surface area (Å²) in [7, 11) is 2.13. The molecule has 1 aliphatic heterocycles. The summed E-state index contributed by atoms with van der Waals surface area (Å²) in [5, 5.41) is 4.05. The summed E-state index contributed by atoms with van der Waals surface area (Å²) in [4.78, 5) is 17.5. The number of hydrogen-bond donors (Lipinski definition) is 1. The smallest absolute Gasteiger partial charge is 0.287 e. The van der Waals surface area contributed by atoms with Crippen LogP contribution in [0.15, 0.2) is 45.2 Å². The maximum absolute atomic E-state index is 12.8. The van der Waals surface area contributed by atoms with Crippen LogP contribution in [0.1, 0.15) is 33.7 Å². The molecular formula is C22H28ClN3O3. The van der Waals surface area contributed by atoms with Gasteiger partial charge in [0, 0.05) is 43.7 Å². The van der Waals surface area contributed by atoms with Crippen molar-refractivity contribution in [3.8, 4) is 0 Å². The highest BCUT2D eigenvalue weighted by Crippen LogP contribution is 2.26. The Morgan fingerprint density at radius 1 is 1.07 bits per heavy atom. The monoisotopic (exact) mass is 417 g/mol. The van der Waals surface area contributed by atoms with E-state index in [9.17, 15) is 4.79 Å². The first-order chi connectivity index (χ1) is 13.5. The SMILES string of the molecule is Cc1ccc(C(CNC(=O)c2oc3ccccc3c2C)N2CCN(C)CC2)o1.Cl. The number of carbonyl (C=O) groups excluding carboxylic acids is 1. The molecule has 3 heterocycles. The van der Waals surface area contributed by atoms with Crippen molar-refractivity contribution in [1.82, 2.24) is 15.1 Å². The van der Waals surface area contributed by atoms with Gasteiger partial charge in [-0.15, -0.1) is 12.4 Å². The van der Waals surface area contributed by atoms with E-state index in [1.165, 1.54) is 0 Å². The van der Waals surface area contributed by atoms with Crippen molar-refractivity contribution in [2.45, 2.75) is 19.9 Å². The van der Waals surface area contributed by atoms with Gasteiger partial charge in [-0.1, -0.05) is 18.2 Å². The number of carbonyl (C=O) groups is 1. The maximum Gasteiger partial charge on any atom is 0.287 e.